The van der Waals surface area contributed by atoms with E-state index in [1.54, 1.807) is 11.5 Å². The Balaban J connectivity index is 1.82. The largest absolute Gasteiger partial charge is 0.465 e. The Morgan fingerprint density at radius 3 is 2.30 bits per heavy atom. The van der Waals surface area contributed by atoms with E-state index in [9.17, 15) is 26.7 Å². The number of benzene rings is 2. The molecule has 0 saturated carbocycles. The van der Waals surface area contributed by atoms with Crippen LogP contribution >= 0.6 is 11.6 Å². The van der Waals surface area contributed by atoms with Gasteiger partial charge in [0, 0.05) is 5.56 Å². The van der Waals surface area contributed by atoms with E-state index in [1.165, 1.54) is 31.4 Å². The Labute approximate surface area is 170 Å². The van der Waals surface area contributed by atoms with Crippen molar-refractivity contribution in [1.29, 1.82) is 0 Å². The molecular formula is C19H10ClF5N2O3. The minimum Gasteiger partial charge on any atom is -0.465 e. The van der Waals surface area contributed by atoms with E-state index in [2.05, 4.69) is 9.84 Å². The normalized spacial score (nSPS) is 11.2. The lowest BCUT2D eigenvalue weighted by Crippen LogP contribution is -2.06. The van der Waals surface area contributed by atoms with E-state index >= 15 is 0 Å². The summed E-state index contributed by atoms with van der Waals surface area (Å²) in [6.07, 6.45) is 0.957. The third-order valence-corrected chi connectivity index (χ3v) is 4.19. The molecule has 0 amide bonds. The summed E-state index contributed by atoms with van der Waals surface area (Å²) in [6.45, 7) is 0. The van der Waals surface area contributed by atoms with Crippen LogP contribution in [0.3, 0.4) is 0 Å². The molecule has 5 nitrogen and oxygen atoms in total. The van der Waals surface area contributed by atoms with Gasteiger partial charge in [0.05, 0.1) is 23.9 Å². The summed E-state index contributed by atoms with van der Waals surface area (Å²) < 4.78 is 76.6. The van der Waals surface area contributed by atoms with E-state index in [-0.39, 0.29) is 22.1 Å². The molecule has 3 rings (SSSR count). The first-order valence-electron chi connectivity index (χ1n) is 8.03. The molecular weight excluding hydrogens is 435 g/mol. The molecule has 2 aromatic carbocycles. The van der Waals surface area contributed by atoms with E-state index < -0.39 is 40.7 Å². The van der Waals surface area contributed by atoms with Crippen molar-refractivity contribution in [3.05, 3.63) is 75.8 Å². The van der Waals surface area contributed by atoms with Crippen molar-refractivity contribution < 1.29 is 35.9 Å². The van der Waals surface area contributed by atoms with Crippen LogP contribution in [0.25, 0.3) is 11.3 Å². The second kappa shape index (κ2) is 8.54. The average molecular weight is 445 g/mol. The first kappa shape index (κ1) is 21.3. The van der Waals surface area contributed by atoms with Gasteiger partial charge in [0.1, 0.15) is 17.2 Å². The van der Waals surface area contributed by atoms with Gasteiger partial charge in [-0.05, 0) is 30.3 Å². The Morgan fingerprint density at radius 2 is 1.67 bits per heavy atom. The number of nitrogens with one attached hydrogen (secondary N) is 1. The summed E-state index contributed by atoms with van der Waals surface area (Å²) in [5, 5.41) is 3.60. The first-order chi connectivity index (χ1) is 14.2. The van der Waals surface area contributed by atoms with Crippen molar-refractivity contribution in [2.75, 3.05) is 12.5 Å². The minimum absolute atomic E-state index is 0.0796. The van der Waals surface area contributed by atoms with Gasteiger partial charge in [-0.1, -0.05) is 11.6 Å². The summed E-state index contributed by atoms with van der Waals surface area (Å²) in [5.41, 5.74) is 1.02. The van der Waals surface area contributed by atoms with Gasteiger partial charge in [-0.25, -0.2) is 26.7 Å². The highest BCUT2D eigenvalue weighted by molar-refractivity contribution is 6.33. The van der Waals surface area contributed by atoms with Crippen LogP contribution in [-0.4, -0.2) is 19.3 Å². The number of ether oxygens (including phenoxy) is 1. The van der Waals surface area contributed by atoms with Gasteiger partial charge < -0.3 is 9.15 Å². The molecule has 3 aromatic rings. The number of methoxy groups -OCH3 is 1. The Hall–Kier alpha value is -3.40. The molecule has 0 fully saturated rings. The zero-order chi connectivity index (χ0) is 22.0. The summed E-state index contributed by atoms with van der Waals surface area (Å²) in [4.78, 5) is 11.7. The molecule has 0 aliphatic heterocycles. The van der Waals surface area contributed by atoms with E-state index in [0.29, 0.717) is 5.56 Å². The fourth-order valence-corrected chi connectivity index (χ4v) is 2.58. The summed E-state index contributed by atoms with van der Waals surface area (Å²) in [6, 6.07) is 7.39. The number of furan rings is 1. The Morgan fingerprint density at radius 1 is 1.03 bits per heavy atom. The molecule has 0 unspecified atom stereocenters. The minimum atomic E-state index is -2.27. The lowest BCUT2D eigenvalue weighted by atomic mass is 10.1. The molecule has 156 valence electrons. The lowest BCUT2D eigenvalue weighted by molar-refractivity contribution is 0.0601. The van der Waals surface area contributed by atoms with Gasteiger partial charge >= 0.3 is 5.97 Å². The molecule has 0 saturated heterocycles. The number of hydrogen-bond acceptors (Lipinski definition) is 5. The van der Waals surface area contributed by atoms with Crippen LogP contribution in [0.1, 0.15) is 16.1 Å². The van der Waals surface area contributed by atoms with Crippen LogP contribution in [0.5, 0.6) is 0 Å². The number of anilines is 1. The predicted molar refractivity (Wildman–Crippen MR) is 97.9 cm³/mol. The molecule has 30 heavy (non-hydrogen) atoms. The maximum Gasteiger partial charge on any atom is 0.339 e. The fourth-order valence-electron chi connectivity index (χ4n) is 2.39. The Bertz CT molecular complexity index is 1130. The van der Waals surface area contributed by atoms with Gasteiger partial charge in [-0.15, -0.1) is 0 Å². The number of rotatable bonds is 5. The highest BCUT2D eigenvalue weighted by atomic mass is 35.5. The molecule has 1 aromatic heterocycles. The number of esters is 1. The predicted octanol–water partition coefficient (Wildman–Crippen LogP) is 5.53. The molecule has 0 aliphatic rings. The van der Waals surface area contributed by atoms with Crippen LogP contribution in [0, 0.1) is 29.1 Å². The maximum absolute atomic E-state index is 13.6. The Kier molecular flexibility index (Phi) is 6.06. The van der Waals surface area contributed by atoms with Crippen molar-refractivity contribution in [2.24, 2.45) is 5.10 Å². The van der Waals surface area contributed by atoms with Crippen molar-refractivity contribution >= 4 is 29.5 Å². The molecule has 11 heteroatoms. The molecule has 0 aliphatic carbocycles. The number of hydrazone groups is 1. The van der Waals surface area contributed by atoms with Gasteiger partial charge in [0.15, 0.2) is 23.3 Å². The molecule has 1 N–H and O–H groups in total. The van der Waals surface area contributed by atoms with Crippen LogP contribution < -0.4 is 5.43 Å². The topological polar surface area (TPSA) is 63.8 Å². The second-order valence-corrected chi connectivity index (χ2v) is 6.11. The number of hydrogen-bond donors (Lipinski definition) is 1. The number of carbonyl (C=O) groups is 1. The van der Waals surface area contributed by atoms with Crippen molar-refractivity contribution in [1.82, 2.24) is 0 Å². The van der Waals surface area contributed by atoms with Gasteiger partial charge in [0.2, 0.25) is 5.82 Å². The van der Waals surface area contributed by atoms with E-state index in [0.717, 1.165) is 6.21 Å². The van der Waals surface area contributed by atoms with E-state index in [4.69, 9.17) is 16.0 Å². The molecule has 0 radical (unpaired) electrons. The van der Waals surface area contributed by atoms with Crippen molar-refractivity contribution in [3.8, 4) is 11.3 Å². The molecule has 0 spiro atoms. The third-order valence-electron chi connectivity index (χ3n) is 3.86. The smallest absolute Gasteiger partial charge is 0.339 e. The van der Waals surface area contributed by atoms with Crippen molar-refractivity contribution in [2.45, 2.75) is 0 Å². The third kappa shape index (κ3) is 3.99. The number of nitrogens with zero attached hydrogens (tertiary/aromatic N) is 1. The standard InChI is InChI=1S/C19H10ClF5N2O3/c1-29-19(28)10-6-8(2-4-11(10)20)12-5-3-9(30-12)7-26-27-18-16(24)14(22)13(21)15(23)17(18)25/h2-7,27H,1H3/b26-7-. The summed E-state index contributed by atoms with van der Waals surface area (Å²) >= 11 is 5.95. The summed E-state index contributed by atoms with van der Waals surface area (Å²) in [7, 11) is 1.20. The number of carbonyl (C=O) groups excluding carboxylic acids is 1. The van der Waals surface area contributed by atoms with Crippen molar-refractivity contribution in [3.63, 3.8) is 0 Å². The zero-order valence-electron chi connectivity index (χ0n) is 14.9. The fraction of sp³-hybridized carbons (Fsp3) is 0.0526. The van der Waals surface area contributed by atoms with Crippen LogP contribution in [-0.2, 0) is 4.74 Å². The maximum atomic E-state index is 13.6. The summed E-state index contributed by atoms with van der Waals surface area (Å²) in [5.74, 6) is -10.9. The number of halogens is 6. The van der Waals surface area contributed by atoms with E-state index in [1.807, 2.05) is 0 Å². The van der Waals surface area contributed by atoms with Gasteiger partial charge in [0.25, 0.3) is 0 Å². The van der Waals surface area contributed by atoms with Gasteiger partial charge in [-0.2, -0.15) is 5.10 Å². The quantitative estimate of drug-likeness (QED) is 0.140. The molecule has 0 atom stereocenters. The SMILES string of the molecule is COC(=O)c1cc(-c2ccc(/C=N\Nc3c(F)c(F)c(F)c(F)c3F)o2)ccc1Cl. The lowest BCUT2D eigenvalue weighted by Gasteiger charge is -2.06. The second-order valence-electron chi connectivity index (χ2n) is 5.70. The molecule has 0 bridgehead atoms. The van der Waals surface area contributed by atoms with Gasteiger partial charge in [-0.3, -0.25) is 5.43 Å². The van der Waals surface area contributed by atoms with Crippen LogP contribution in [0.4, 0.5) is 27.6 Å². The van der Waals surface area contributed by atoms with Crippen LogP contribution in [0.15, 0.2) is 39.9 Å². The average Bonchev–Trinajstić information content (AvgIpc) is 3.22. The highest BCUT2D eigenvalue weighted by Gasteiger charge is 2.25. The zero-order valence-corrected chi connectivity index (χ0v) is 15.7. The monoisotopic (exact) mass is 444 g/mol. The molecule has 1 heterocycles. The van der Waals surface area contributed by atoms with Crippen LogP contribution in [0.2, 0.25) is 5.02 Å². The highest BCUT2D eigenvalue weighted by Crippen LogP contribution is 2.28. The first-order valence-corrected chi connectivity index (χ1v) is 8.41.